The fraction of sp³-hybridized carbons (Fsp3) is 0.250. The van der Waals surface area contributed by atoms with Gasteiger partial charge in [0.1, 0.15) is 18.5 Å². The third kappa shape index (κ3) is 4.10. The van der Waals surface area contributed by atoms with Crippen LogP contribution in [0.2, 0.25) is 0 Å². The van der Waals surface area contributed by atoms with Crippen LogP contribution in [0.3, 0.4) is 0 Å². The molecule has 0 radical (unpaired) electrons. The molecule has 0 bridgehead atoms. The molecule has 2 N–H and O–H groups in total. The number of nitrogens with one attached hydrogen (secondary N) is 1. The Morgan fingerprint density at radius 3 is 2.71 bits per heavy atom. The highest BCUT2D eigenvalue weighted by Crippen LogP contribution is 2.23. The van der Waals surface area contributed by atoms with Crippen molar-refractivity contribution in [2.45, 2.75) is 19.1 Å². The number of aliphatic hydroxyl groups excluding tert-OH is 1. The summed E-state index contributed by atoms with van der Waals surface area (Å²) in [6, 6.07) is 20.0. The molecule has 0 aliphatic rings. The van der Waals surface area contributed by atoms with Gasteiger partial charge in [0, 0.05) is 24.2 Å². The third-order valence-corrected chi connectivity index (χ3v) is 4.00. The topological polar surface area (TPSA) is 54.4 Å². The molecule has 0 saturated heterocycles. The first-order valence-corrected chi connectivity index (χ1v) is 8.17. The highest BCUT2D eigenvalue weighted by atomic mass is 16.5. The smallest absolute Gasteiger partial charge is 0.128 e. The number of aliphatic hydroxyl groups is 1. The first-order chi connectivity index (χ1) is 11.7. The molecule has 0 unspecified atom stereocenters. The average Bonchev–Trinajstić information content (AvgIpc) is 2.65. The zero-order valence-electron chi connectivity index (χ0n) is 13.7. The Morgan fingerprint density at radius 1 is 1.04 bits per heavy atom. The molecule has 1 aromatic heterocycles. The van der Waals surface area contributed by atoms with Gasteiger partial charge in [-0.1, -0.05) is 36.4 Å². The van der Waals surface area contributed by atoms with Crippen molar-refractivity contribution in [3.63, 3.8) is 0 Å². The lowest BCUT2D eigenvalue weighted by molar-refractivity contribution is 0.105. The lowest BCUT2D eigenvalue weighted by Crippen LogP contribution is -2.33. The highest BCUT2D eigenvalue weighted by Gasteiger charge is 2.10. The quantitative estimate of drug-likeness (QED) is 0.700. The number of nitrogens with zero attached hydrogens (tertiary/aromatic N) is 1. The second kappa shape index (κ2) is 7.90. The standard InChI is InChI=1S/C20H22N2O2/c1-15(16-7-3-2-4-8-16)22-13-17(23)14-24-20-11-5-10-19-18(20)9-6-12-21-19/h2-12,15,17,22-23H,13-14H2,1H3/t15-,17-/m0/s1. The molecule has 0 fully saturated rings. The van der Waals surface area contributed by atoms with Crippen LogP contribution in [0.25, 0.3) is 10.9 Å². The van der Waals surface area contributed by atoms with Crippen molar-refractivity contribution < 1.29 is 9.84 Å². The maximum absolute atomic E-state index is 10.2. The van der Waals surface area contributed by atoms with Gasteiger partial charge in [-0.2, -0.15) is 0 Å². The number of hydrogen-bond donors (Lipinski definition) is 2. The minimum atomic E-state index is -0.580. The summed E-state index contributed by atoms with van der Waals surface area (Å²) in [5.41, 5.74) is 2.09. The third-order valence-electron chi connectivity index (χ3n) is 4.00. The molecule has 4 nitrogen and oxygen atoms in total. The molecule has 0 saturated carbocycles. The Kier molecular flexibility index (Phi) is 5.41. The van der Waals surface area contributed by atoms with E-state index in [4.69, 9.17) is 4.74 Å². The van der Waals surface area contributed by atoms with E-state index in [0.717, 1.165) is 16.7 Å². The van der Waals surface area contributed by atoms with E-state index in [9.17, 15) is 5.11 Å². The van der Waals surface area contributed by atoms with Crippen molar-refractivity contribution in [3.05, 3.63) is 72.4 Å². The molecular formula is C20H22N2O2. The van der Waals surface area contributed by atoms with Gasteiger partial charge in [-0.3, -0.25) is 4.98 Å². The van der Waals surface area contributed by atoms with Crippen LogP contribution in [0.1, 0.15) is 18.5 Å². The van der Waals surface area contributed by atoms with Gasteiger partial charge >= 0.3 is 0 Å². The maximum atomic E-state index is 10.2. The molecule has 1 heterocycles. The molecule has 2 atom stereocenters. The molecule has 4 heteroatoms. The van der Waals surface area contributed by atoms with Crippen molar-refractivity contribution in [2.75, 3.05) is 13.2 Å². The van der Waals surface area contributed by atoms with Gasteiger partial charge in [0.25, 0.3) is 0 Å². The Morgan fingerprint density at radius 2 is 1.88 bits per heavy atom. The van der Waals surface area contributed by atoms with Crippen molar-refractivity contribution >= 4 is 10.9 Å². The van der Waals surface area contributed by atoms with Gasteiger partial charge in [0.15, 0.2) is 0 Å². The van der Waals surface area contributed by atoms with Crippen LogP contribution in [0.15, 0.2) is 66.9 Å². The summed E-state index contributed by atoms with van der Waals surface area (Å²) in [5.74, 6) is 0.746. The summed E-state index contributed by atoms with van der Waals surface area (Å²) >= 11 is 0. The molecular weight excluding hydrogens is 300 g/mol. The molecule has 24 heavy (non-hydrogen) atoms. The second-order valence-electron chi connectivity index (χ2n) is 5.83. The highest BCUT2D eigenvalue weighted by molar-refractivity contribution is 5.84. The lowest BCUT2D eigenvalue weighted by atomic mass is 10.1. The molecule has 0 aliphatic carbocycles. The van der Waals surface area contributed by atoms with Gasteiger partial charge in [0.05, 0.1) is 5.52 Å². The minimum absolute atomic E-state index is 0.183. The largest absolute Gasteiger partial charge is 0.490 e. The molecule has 124 valence electrons. The molecule has 3 rings (SSSR count). The van der Waals surface area contributed by atoms with E-state index in [2.05, 4.69) is 29.4 Å². The zero-order valence-corrected chi connectivity index (χ0v) is 13.7. The Balaban J connectivity index is 1.53. The van der Waals surface area contributed by atoms with E-state index in [1.54, 1.807) is 6.20 Å². The Labute approximate surface area is 142 Å². The van der Waals surface area contributed by atoms with E-state index >= 15 is 0 Å². The SMILES string of the molecule is C[C@H](NC[C@H](O)COc1cccc2ncccc12)c1ccccc1. The number of benzene rings is 2. The molecule has 2 aromatic carbocycles. The summed E-state index contributed by atoms with van der Waals surface area (Å²) < 4.78 is 5.79. The fourth-order valence-corrected chi connectivity index (χ4v) is 2.62. The molecule has 0 aliphatic heterocycles. The van der Waals surface area contributed by atoms with Crippen molar-refractivity contribution in [3.8, 4) is 5.75 Å². The van der Waals surface area contributed by atoms with Crippen LogP contribution < -0.4 is 10.1 Å². The predicted molar refractivity (Wildman–Crippen MR) is 96.1 cm³/mol. The van der Waals surface area contributed by atoms with Crippen LogP contribution in [0, 0.1) is 0 Å². The molecule has 3 aromatic rings. The summed E-state index contributed by atoms with van der Waals surface area (Å²) in [7, 11) is 0. The van der Waals surface area contributed by atoms with Crippen LogP contribution in [0.5, 0.6) is 5.75 Å². The van der Waals surface area contributed by atoms with Gasteiger partial charge in [-0.05, 0) is 36.8 Å². The average molecular weight is 322 g/mol. The number of pyridine rings is 1. The van der Waals surface area contributed by atoms with Crippen molar-refractivity contribution in [1.82, 2.24) is 10.3 Å². The predicted octanol–water partition coefficient (Wildman–Crippen LogP) is 3.33. The number of ether oxygens (including phenoxy) is 1. The van der Waals surface area contributed by atoms with E-state index in [0.29, 0.717) is 6.54 Å². The lowest BCUT2D eigenvalue weighted by Gasteiger charge is -2.18. The van der Waals surface area contributed by atoms with Crippen LogP contribution in [-0.4, -0.2) is 29.3 Å². The monoisotopic (exact) mass is 322 g/mol. The fourth-order valence-electron chi connectivity index (χ4n) is 2.62. The number of aromatic nitrogens is 1. The molecule has 0 amide bonds. The number of hydrogen-bond acceptors (Lipinski definition) is 4. The van der Waals surface area contributed by atoms with E-state index < -0.39 is 6.10 Å². The number of fused-ring (bicyclic) bond motifs is 1. The van der Waals surface area contributed by atoms with E-state index in [1.807, 2.05) is 48.5 Å². The van der Waals surface area contributed by atoms with Crippen LogP contribution >= 0.6 is 0 Å². The normalized spacial score (nSPS) is 13.6. The Hall–Kier alpha value is -2.43. The summed E-state index contributed by atoms with van der Waals surface area (Å²) in [6.45, 7) is 2.79. The summed E-state index contributed by atoms with van der Waals surface area (Å²) in [6.07, 6.45) is 1.18. The van der Waals surface area contributed by atoms with Gasteiger partial charge in [-0.25, -0.2) is 0 Å². The van der Waals surface area contributed by atoms with Crippen LogP contribution in [0.4, 0.5) is 0 Å². The van der Waals surface area contributed by atoms with Crippen LogP contribution in [-0.2, 0) is 0 Å². The first kappa shape index (κ1) is 16.4. The summed E-state index contributed by atoms with van der Waals surface area (Å²) in [4.78, 5) is 4.31. The van der Waals surface area contributed by atoms with E-state index in [-0.39, 0.29) is 12.6 Å². The minimum Gasteiger partial charge on any atom is -0.490 e. The maximum Gasteiger partial charge on any atom is 0.128 e. The number of rotatable bonds is 7. The first-order valence-electron chi connectivity index (χ1n) is 8.17. The zero-order chi connectivity index (χ0) is 16.8. The van der Waals surface area contributed by atoms with E-state index in [1.165, 1.54) is 5.56 Å². The Bertz CT molecular complexity index is 771. The van der Waals surface area contributed by atoms with Gasteiger partial charge in [0.2, 0.25) is 0 Å². The van der Waals surface area contributed by atoms with Crippen molar-refractivity contribution in [2.24, 2.45) is 0 Å². The van der Waals surface area contributed by atoms with Crippen molar-refractivity contribution in [1.29, 1.82) is 0 Å². The molecule has 0 spiro atoms. The van der Waals surface area contributed by atoms with Gasteiger partial charge < -0.3 is 15.2 Å². The van der Waals surface area contributed by atoms with Gasteiger partial charge in [-0.15, -0.1) is 0 Å². The second-order valence-corrected chi connectivity index (χ2v) is 5.83. The summed E-state index contributed by atoms with van der Waals surface area (Å²) in [5, 5.41) is 14.5.